The van der Waals surface area contributed by atoms with Crippen LogP contribution in [0.25, 0.3) is 16.5 Å². The summed E-state index contributed by atoms with van der Waals surface area (Å²) < 4.78 is 30.7. The van der Waals surface area contributed by atoms with E-state index >= 15 is 0 Å². The maximum absolute atomic E-state index is 13.7. The Morgan fingerprint density at radius 1 is 1.00 bits per heavy atom. The molecule has 2 heterocycles. The largest absolute Gasteiger partial charge is 0.336 e. The number of carbonyl (C=O) groups is 1. The smallest absolute Gasteiger partial charge is 0.243 e. The summed E-state index contributed by atoms with van der Waals surface area (Å²) in [5, 5.41) is 2.24. The van der Waals surface area contributed by atoms with Gasteiger partial charge in [-0.05, 0) is 58.7 Å². The van der Waals surface area contributed by atoms with Gasteiger partial charge in [-0.15, -0.1) is 0 Å². The Bertz CT molecular complexity index is 1500. The molecule has 0 spiro atoms. The fraction of sp³-hybridized carbons (Fsp3) is 0.259. The number of carbonyl (C=O) groups excluding carboxylic acids is 1. The minimum absolute atomic E-state index is 0.175. The van der Waals surface area contributed by atoms with Crippen molar-refractivity contribution in [2.24, 2.45) is 5.92 Å². The van der Waals surface area contributed by atoms with Crippen LogP contribution in [0.5, 0.6) is 0 Å². The van der Waals surface area contributed by atoms with Crippen molar-refractivity contribution < 1.29 is 13.2 Å². The second kappa shape index (κ2) is 9.69. The van der Waals surface area contributed by atoms with Crippen LogP contribution in [0, 0.1) is 5.92 Å². The van der Waals surface area contributed by atoms with Gasteiger partial charge in [0.15, 0.2) is 0 Å². The maximum atomic E-state index is 13.7. The predicted octanol–water partition coefficient (Wildman–Crippen LogP) is 4.74. The summed E-state index contributed by atoms with van der Waals surface area (Å²) >= 11 is 6.07. The number of nitrogens with zero attached hydrogens (tertiary/aromatic N) is 4. The number of amides is 1. The molecule has 1 amide bonds. The molecule has 0 radical (unpaired) electrons. The van der Waals surface area contributed by atoms with Crippen LogP contribution in [-0.2, 0) is 21.4 Å². The number of sulfonamides is 1. The average Bonchev–Trinajstić information content (AvgIpc) is 3.40. The first-order valence-electron chi connectivity index (χ1n) is 11.8. The SMILES string of the molecule is CC(C)[C@H]1C(=O)N(Cc2ccc(-n3ccnc3)cc2)CCN1S(=O)(=O)c1ccc2cc(Cl)ccc2c1. The summed E-state index contributed by atoms with van der Waals surface area (Å²) in [4.78, 5) is 19.6. The molecular weight excluding hydrogens is 496 g/mol. The summed E-state index contributed by atoms with van der Waals surface area (Å²) in [6.45, 7) is 4.76. The molecule has 9 heteroatoms. The van der Waals surface area contributed by atoms with Gasteiger partial charge in [-0.3, -0.25) is 4.79 Å². The highest BCUT2D eigenvalue weighted by molar-refractivity contribution is 7.89. The van der Waals surface area contributed by atoms with Crippen molar-refractivity contribution >= 4 is 38.3 Å². The zero-order valence-electron chi connectivity index (χ0n) is 20.1. The van der Waals surface area contributed by atoms with Crippen molar-refractivity contribution in [2.45, 2.75) is 31.3 Å². The van der Waals surface area contributed by atoms with Gasteiger partial charge in [0.05, 0.1) is 11.2 Å². The van der Waals surface area contributed by atoms with Crippen LogP contribution in [0.1, 0.15) is 19.4 Å². The highest BCUT2D eigenvalue weighted by Gasteiger charge is 2.43. The maximum Gasteiger partial charge on any atom is 0.243 e. The van der Waals surface area contributed by atoms with E-state index in [9.17, 15) is 13.2 Å². The zero-order valence-corrected chi connectivity index (χ0v) is 21.7. The van der Waals surface area contributed by atoms with Gasteiger partial charge < -0.3 is 9.47 Å². The van der Waals surface area contributed by atoms with E-state index in [1.165, 1.54) is 4.31 Å². The number of fused-ring (bicyclic) bond motifs is 1. The Balaban J connectivity index is 1.38. The van der Waals surface area contributed by atoms with Gasteiger partial charge in [-0.2, -0.15) is 4.31 Å². The number of imidazole rings is 1. The van der Waals surface area contributed by atoms with Crippen LogP contribution < -0.4 is 0 Å². The van der Waals surface area contributed by atoms with Crippen molar-refractivity contribution in [1.29, 1.82) is 0 Å². The third-order valence-electron chi connectivity index (χ3n) is 6.59. The molecule has 1 aromatic heterocycles. The minimum Gasteiger partial charge on any atom is -0.336 e. The predicted molar refractivity (Wildman–Crippen MR) is 140 cm³/mol. The quantitative estimate of drug-likeness (QED) is 0.366. The number of halogens is 1. The molecule has 36 heavy (non-hydrogen) atoms. The Morgan fingerprint density at radius 2 is 1.72 bits per heavy atom. The van der Waals surface area contributed by atoms with E-state index < -0.39 is 16.1 Å². The van der Waals surface area contributed by atoms with Crippen molar-refractivity contribution in [3.63, 3.8) is 0 Å². The van der Waals surface area contributed by atoms with E-state index in [0.29, 0.717) is 18.1 Å². The summed E-state index contributed by atoms with van der Waals surface area (Å²) in [6, 6.07) is 17.5. The van der Waals surface area contributed by atoms with Crippen molar-refractivity contribution in [3.8, 4) is 5.69 Å². The second-order valence-corrected chi connectivity index (χ2v) is 11.7. The van der Waals surface area contributed by atoms with Crippen LogP contribution in [0.4, 0.5) is 0 Å². The van der Waals surface area contributed by atoms with Gasteiger partial charge in [0, 0.05) is 42.7 Å². The lowest BCUT2D eigenvalue weighted by Crippen LogP contribution is -2.60. The van der Waals surface area contributed by atoms with Gasteiger partial charge in [0.25, 0.3) is 0 Å². The van der Waals surface area contributed by atoms with Crippen LogP contribution in [0.3, 0.4) is 0 Å². The van der Waals surface area contributed by atoms with Crippen molar-refractivity contribution in [1.82, 2.24) is 18.8 Å². The molecule has 0 unspecified atom stereocenters. The summed E-state index contributed by atoms with van der Waals surface area (Å²) in [5.74, 6) is -0.357. The Morgan fingerprint density at radius 3 is 2.42 bits per heavy atom. The third-order valence-corrected chi connectivity index (χ3v) is 8.70. The molecule has 1 aliphatic heterocycles. The molecule has 186 valence electrons. The first kappa shape index (κ1) is 24.5. The number of hydrogen-bond donors (Lipinski definition) is 0. The lowest BCUT2D eigenvalue weighted by atomic mass is 10.0. The van der Waals surface area contributed by atoms with E-state index in [1.54, 1.807) is 53.8 Å². The third kappa shape index (κ3) is 4.64. The fourth-order valence-electron chi connectivity index (χ4n) is 4.72. The van der Waals surface area contributed by atoms with Gasteiger partial charge in [0.1, 0.15) is 6.04 Å². The zero-order chi connectivity index (χ0) is 25.4. The van der Waals surface area contributed by atoms with Crippen LogP contribution in [-0.4, -0.2) is 52.2 Å². The van der Waals surface area contributed by atoms with E-state index in [0.717, 1.165) is 22.0 Å². The number of rotatable bonds is 6. The molecule has 3 aromatic carbocycles. The number of piperazine rings is 1. The molecule has 5 rings (SSSR count). The van der Waals surface area contributed by atoms with Gasteiger partial charge in [-0.25, -0.2) is 13.4 Å². The highest BCUT2D eigenvalue weighted by Crippen LogP contribution is 2.29. The molecule has 0 saturated carbocycles. The first-order chi connectivity index (χ1) is 17.2. The number of hydrogen-bond acceptors (Lipinski definition) is 4. The normalized spacial score (nSPS) is 17.3. The van der Waals surface area contributed by atoms with Crippen molar-refractivity contribution in [2.75, 3.05) is 13.1 Å². The van der Waals surface area contributed by atoms with Gasteiger partial charge in [0.2, 0.25) is 15.9 Å². The van der Waals surface area contributed by atoms with E-state index in [1.807, 2.05) is 48.9 Å². The molecule has 4 aromatic rings. The monoisotopic (exact) mass is 522 g/mol. The first-order valence-corrected chi connectivity index (χ1v) is 13.6. The molecule has 0 aliphatic carbocycles. The summed E-state index contributed by atoms with van der Waals surface area (Å²) in [5.41, 5.74) is 1.97. The molecule has 0 N–H and O–H groups in total. The topological polar surface area (TPSA) is 75.5 Å². The van der Waals surface area contributed by atoms with Crippen LogP contribution in [0.2, 0.25) is 5.02 Å². The Hall–Kier alpha value is -3.20. The number of benzene rings is 3. The summed E-state index contributed by atoms with van der Waals surface area (Å²) in [6.07, 6.45) is 5.33. The van der Waals surface area contributed by atoms with Crippen LogP contribution >= 0.6 is 11.6 Å². The molecule has 1 saturated heterocycles. The van der Waals surface area contributed by atoms with E-state index in [4.69, 9.17) is 11.6 Å². The highest BCUT2D eigenvalue weighted by atomic mass is 35.5. The molecule has 7 nitrogen and oxygen atoms in total. The lowest BCUT2D eigenvalue weighted by molar-refractivity contribution is -0.141. The molecule has 0 bridgehead atoms. The van der Waals surface area contributed by atoms with Gasteiger partial charge >= 0.3 is 0 Å². The van der Waals surface area contributed by atoms with E-state index in [2.05, 4.69) is 4.98 Å². The molecular formula is C27H27ClN4O3S. The molecule has 1 atom stereocenters. The fourth-order valence-corrected chi connectivity index (χ4v) is 6.64. The average molecular weight is 523 g/mol. The summed E-state index contributed by atoms with van der Waals surface area (Å²) in [7, 11) is -3.87. The van der Waals surface area contributed by atoms with Crippen LogP contribution in [0.15, 0.2) is 84.3 Å². The Labute approximate surface area is 216 Å². The van der Waals surface area contributed by atoms with Gasteiger partial charge in [-0.1, -0.05) is 49.7 Å². The molecule has 1 aliphatic rings. The second-order valence-electron chi connectivity index (χ2n) is 9.35. The van der Waals surface area contributed by atoms with E-state index in [-0.39, 0.29) is 23.3 Å². The Kier molecular flexibility index (Phi) is 6.59. The lowest BCUT2D eigenvalue weighted by Gasteiger charge is -2.41. The molecule has 1 fully saturated rings. The number of aromatic nitrogens is 2. The minimum atomic E-state index is -3.87. The van der Waals surface area contributed by atoms with Crippen molar-refractivity contribution in [3.05, 3.63) is 90.0 Å². The standard InChI is InChI=1S/C27H27ClN4O3S/c1-19(2)26-27(33)30(17-20-3-8-24(9-4-20)31-12-11-29-18-31)13-14-32(26)36(34,35)25-10-6-21-15-23(28)7-5-22(21)16-25/h3-12,15-16,18-19,26H,13-14,17H2,1-2H3/t26-/m0/s1.